The van der Waals surface area contributed by atoms with Gasteiger partial charge in [0, 0.05) is 26.3 Å². The standard InChI is InChI=1S/C11H19N3O4S/c1-13-8-11(12-9-13)19(16,17)14-4-2-10(3-5-14)18-7-6-15/h8-10,15H,2-7H2,1H3. The topological polar surface area (TPSA) is 84.7 Å². The second-order valence-electron chi connectivity index (χ2n) is 4.58. The number of sulfonamides is 1. The second-order valence-corrected chi connectivity index (χ2v) is 6.46. The van der Waals surface area contributed by atoms with Gasteiger partial charge in [-0.3, -0.25) is 0 Å². The maximum absolute atomic E-state index is 12.3. The molecule has 0 spiro atoms. The van der Waals surface area contributed by atoms with E-state index in [1.165, 1.54) is 16.8 Å². The maximum Gasteiger partial charge on any atom is 0.262 e. The van der Waals surface area contributed by atoms with Crippen LogP contribution in [0, 0.1) is 0 Å². The van der Waals surface area contributed by atoms with E-state index in [0.717, 1.165) is 0 Å². The molecule has 8 heteroatoms. The Morgan fingerprint density at radius 1 is 1.47 bits per heavy atom. The van der Waals surface area contributed by atoms with Gasteiger partial charge in [-0.15, -0.1) is 0 Å². The Hall–Kier alpha value is -0.960. The van der Waals surface area contributed by atoms with Crippen molar-refractivity contribution < 1.29 is 18.3 Å². The van der Waals surface area contributed by atoms with Gasteiger partial charge < -0.3 is 14.4 Å². The van der Waals surface area contributed by atoms with Crippen LogP contribution >= 0.6 is 0 Å². The molecule has 2 heterocycles. The normalized spacial score (nSPS) is 18.8. The molecule has 0 bridgehead atoms. The number of hydrogen-bond acceptors (Lipinski definition) is 5. The zero-order chi connectivity index (χ0) is 13.9. The Morgan fingerprint density at radius 3 is 2.68 bits per heavy atom. The third kappa shape index (κ3) is 3.33. The average Bonchev–Trinajstić information content (AvgIpc) is 2.84. The van der Waals surface area contributed by atoms with E-state index in [1.807, 2.05) is 0 Å². The van der Waals surface area contributed by atoms with Crippen molar-refractivity contribution in [1.82, 2.24) is 13.9 Å². The number of piperidine rings is 1. The van der Waals surface area contributed by atoms with Crippen LogP contribution in [0.2, 0.25) is 0 Å². The van der Waals surface area contributed by atoms with Crippen LogP contribution in [0.25, 0.3) is 0 Å². The minimum atomic E-state index is -3.49. The Bertz CT molecular complexity index is 506. The minimum Gasteiger partial charge on any atom is -0.394 e. The molecule has 1 aliphatic heterocycles. The second kappa shape index (κ2) is 6.00. The average molecular weight is 289 g/mol. The van der Waals surface area contributed by atoms with Gasteiger partial charge in [0.05, 0.1) is 25.6 Å². The first-order chi connectivity index (χ1) is 9.04. The molecule has 0 unspecified atom stereocenters. The molecule has 1 saturated heterocycles. The van der Waals surface area contributed by atoms with E-state index >= 15 is 0 Å². The first-order valence-corrected chi connectivity index (χ1v) is 7.68. The number of hydrogen-bond donors (Lipinski definition) is 1. The molecule has 7 nitrogen and oxygen atoms in total. The fourth-order valence-electron chi connectivity index (χ4n) is 2.11. The predicted octanol–water partition coefficient (Wildman–Crippen LogP) is -0.418. The van der Waals surface area contributed by atoms with Gasteiger partial charge in [-0.2, -0.15) is 4.31 Å². The molecule has 1 N–H and O–H groups in total. The highest BCUT2D eigenvalue weighted by Crippen LogP contribution is 2.20. The number of nitrogens with zero attached hydrogens (tertiary/aromatic N) is 3. The van der Waals surface area contributed by atoms with E-state index in [4.69, 9.17) is 9.84 Å². The van der Waals surface area contributed by atoms with E-state index in [1.54, 1.807) is 11.6 Å². The van der Waals surface area contributed by atoms with Crippen LogP contribution in [0.3, 0.4) is 0 Å². The lowest BCUT2D eigenvalue weighted by molar-refractivity contribution is 0.00316. The zero-order valence-electron chi connectivity index (χ0n) is 10.9. The molecule has 108 valence electrons. The van der Waals surface area contributed by atoms with Crippen LogP contribution in [0.15, 0.2) is 17.6 Å². The number of ether oxygens (including phenoxy) is 1. The van der Waals surface area contributed by atoms with Crippen LogP contribution < -0.4 is 0 Å². The highest BCUT2D eigenvalue weighted by Gasteiger charge is 2.31. The molecule has 1 aromatic heterocycles. The minimum absolute atomic E-state index is 0.00749. The van der Waals surface area contributed by atoms with Crippen molar-refractivity contribution in [2.75, 3.05) is 26.3 Å². The Labute approximate surface area is 112 Å². The van der Waals surface area contributed by atoms with E-state index in [9.17, 15) is 8.42 Å². The summed E-state index contributed by atoms with van der Waals surface area (Å²) in [5, 5.41) is 8.77. The van der Waals surface area contributed by atoms with Crippen LogP contribution in [0.5, 0.6) is 0 Å². The van der Waals surface area contributed by atoms with Crippen LogP contribution in [0.4, 0.5) is 0 Å². The third-order valence-electron chi connectivity index (χ3n) is 3.13. The van der Waals surface area contributed by atoms with Crippen molar-refractivity contribution in [1.29, 1.82) is 0 Å². The van der Waals surface area contributed by atoms with Gasteiger partial charge in [-0.05, 0) is 12.8 Å². The van der Waals surface area contributed by atoms with Crippen molar-refractivity contribution in [3.63, 3.8) is 0 Å². The molecule has 0 radical (unpaired) electrons. The van der Waals surface area contributed by atoms with E-state index in [-0.39, 0.29) is 17.7 Å². The Morgan fingerprint density at radius 2 is 2.16 bits per heavy atom. The van der Waals surface area contributed by atoms with Crippen LogP contribution in [-0.2, 0) is 21.8 Å². The van der Waals surface area contributed by atoms with Gasteiger partial charge in [0.25, 0.3) is 10.0 Å². The van der Waals surface area contributed by atoms with Gasteiger partial charge >= 0.3 is 0 Å². The van der Waals surface area contributed by atoms with Crippen LogP contribution in [0.1, 0.15) is 12.8 Å². The molecule has 0 atom stereocenters. The molecule has 1 fully saturated rings. The first-order valence-electron chi connectivity index (χ1n) is 6.24. The largest absolute Gasteiger partial charge is 0.394 e. The third-order valence-corrected chi connectivity index (χ3v) is 4.92. The summed E-state index contributed by atoms with van der Waals surface area (Å²) in [5.74, 6) is 0. The summed E-state index contributed by atoms with van der Waals surface area (Å²) in [4.78, 5) is 3.90. The number of aliphatic hydroxyl groups is 1. The van der Waals surface area contributed by atoms with Gasteiger partial charge in [-0.1, -0.05) is 0 Å². The summed E-state index contributed by atoms with van der Waals surface area (Å²) in [5.41, 5.74) is 0. The van der Waals surface area contributed by atoms with Gasteiger partial charge in [0.1, 0.15) is 0 Å². The fraction of sp³-hybridized carbons (Fsp3) is 0.727. The molecule has 0 saturated carbocycles. The Balaban J connectivity index is 1.97. The van der Waals surface area contributed by atoms with Crippen molar-refractivity contribution in [3.05, 3.63) is 12.5 Å². The molecule has 19 heavy (non-hydrogen) atoms. The first kappa shape index (κ1) is 14.4. The lowest BCUT2D eigenvalue weighted by Crippen LogP contribution is -2.41. The van der Waals surface area contributed by atoms with Gasteiger partial charge in [-0.25, -0.2) is 13.4 Å². The number of aryl methyl sites for hydroxylation is 1. The lowest BCUT2D eigenvalue weighted by atomic mass is 10.1. The number of aromatic nitrogens is 2. The predicted molar refractivity (Wildman–Crippen MR) is 68.0 cm³/mol. The summed E-state index contributed by atoms with van der Waals surface area (Å²) in [6.45, 7) is 1.15. The molecule has 0 amide bonds. The SMILES string of the molecule is Cn1cnc(S(=O)(=O)N2CCC(OCCO)CC2)c1. The lowest BCUT2D eigenvalue weighted by Gasteiger charge is -2.30. The molecule has 1 aliphatic rings. The fourth-order valence-corrected chi connectivity index (χ4v) is 3.55. The summed E-state index contributed by atoms with van der Waals surface area (Å²) >= 11 is 0. The van der Waals surface area contributed by atoms with Gasteiger partial charge in [0.15, 0.2) is 5.03 Å². The summed E-state index contributed by atoms with van der Waals surface area (Å²) in [6, 6.07) is 0. The number of aliphatic hydroxyl groups excluding tert-OH is 1. The van der Waals surface area contributed by atoms with Gasteiger partial charge in [0.2, 0.25) is 0 Å². The summed E-state index contributed by atoms with van der Waals surface area (Å²) in [6.07, 6.45) is 4.30. The monoisotopic (exact) mass is 289 g/mol. The highest BCUT2D eigenvalue weighted by molar-refractivity contribution is 7.89. The molecule has 1 aromatic rings. The zero-order valence-corrected chi connectivity index (χ0v) is 11.7. The van der Waals surface area contributed by atoms with E-state index in [0.29, 0.717) is 32.5 Å². The Kier molecular flexibility index (Phi) is 4.56. The number of imidazole rings is 1. The maximum atomic E-state index is 12.3. The number of rotatable bonds is 5. The molecule has 2 rings (SSSR count). The van der Waals surface area contributed by atoms with Crippen molar-refractivity contribution in [3.8, 4) is 0 Å². The summed E-state index contributed by atoms with van der Waals surface area (Å²) in [7, 11) is -1.75. The quantitative estimate of drug-likeness (QED) is 0.796. The van der Waals surface area contributed by atoms with Crippen molar-refractivity contribution in [2.45, 2.75) is 24.0 Å². The molecule has 0 aliphatic carbocycles. The smallest absolute Gasteiger partial charge is 0.262 e. The summed E-state index contributed by atoms with van der Waals surface area (Å²) < 4.78 is 33.0. The van der Waals surface area contributed by atoms with E-state index in [2.05, 4.69) is 4.98 Å². The molecular weight excluding hydrogens is 270 g/mol. The van der Waals surface area contributed by atoms with Crippen molar-refractivity contribution in [2.24, 2.45) is 7.05 Å². The highest BCUT2D eigenvalue weighted by atomic mass is 32.2. The molecular formula is C11H19N3O4S. The van der Waals surface area contributed by atoms with E-state index < -0.39 is 10.0 Å². The van der Waals surface area contributed by atoms with Crippen molar-refractivity contribution >= 4 is 10.0 Å². The van der Waals surface area contributed by atoms with Crippen LogP contribution in [-0.4, -0.2) is 59.8 Å². The molecule has 0 aromatic carbocycles.